The molecule has 0 saturated carbocycles. The maximum atomic E-state index is 12.0. The fraction of sp³-hybridized carbons (Fsp3) is 0.278. The molecule has 6 heteroatoms. The number of amides is 1. The van der Waals surface area contributed by atoms with E-state index in [2.05, 4.69) is 10.6 Å². The molecule has 24 heavy (non-hydrogen) atoms. The Labute approximate surface area is 147 Å². The van der Waals surface area contributed by atoms with Gasteiger partial charge in [-0.15, -0.1) is 12.4 Å². The van der Waals surface area contributed by atoms with E-state index >= 15 is 0 Å². The lowest BCUT2D eigenvalue weighted by atomic mass is 10.2. The van der Waals surface area contributed by atoms with Crippen LogP contribution < -0.4 is 15.4 Å². The Morgan fingerprint density at radius 1 is 1.12 bits per heavy atom. The zero-order valence-electron chi connectivity index (χ0n) is 13.2. The third-order valence-corrected chi connectivity index (χ3v) is 3.55. The van der Waals surface area contributed by atoms with Gasteiger partial charge in [0.1, 0.15) is 11.5 Å². The number of morpholine rings is 1. The molecule has 0 aromatic heterocycles. The lowest BCUT2D eigenvalue weighted by Gasteiger charge is -2.23. The van der Waals surface area contributed by atoms with E-state index in [0.717, 1.165) is 23.7 Å². The van der Waals surface area contributed by atoms with Gasteiger partial charge in [-0.05, 0) is 36.4 Å². The van der Waals surface area contributed by atoms with Gasteiger partial charge in [0.25, 0.3) is 0 Å². The van der Waals surface area contributed by atoms with E-state index in [-0.39, 0.29) is 24.4 Å². The van der Waals surface area contributed by atoms with Gasteiger partial charge in [0.2, 0.25) is 5.91 Å². The molecule has 128 valence electrons. The van der Waals surface area contributed by atoms with E-state index in [1.165, 1.54) is 0 Å². The lowest BCUT2D eigenvalue weighted by Crippen LogP contribution is -2.43. The molecule has 2 aromatic carbocycles. The highest BCUT2D eigenvalue weighted by atomic mass is 35.5. The number of carbonyl (C=O) groups excluding carboxylic acids is 1. The third-order valence-electron chi connectivity index (χ3n) is 3.55. The Morgan fingerprint density at radius 3 is 2.50 bits per heavy atom. The van der Waals surface area contributed by atoms with Crippen molar-refractivity contribution in [3.05, 3.63) is 54.6 Å². The predicted molar refractivity (Wildman–Crippen MR) is 96.1 cm³/mol. The molecule has 0 aliphatic carbocycles. The summed E-state index contributed by atoms with van der Waals surface area (Å²) in [5.41, 5.74) is 0.757. The number of carbonyl (C=O) groups is 1. The molecule has 1 saturated heterocycles. The summed E-state index contributed by atoms with van der Waals surface area (Å²) in [4.78, 5) is 12.0. The normalized spacial score (nSPS) is 16.8. The van der Waals surface area contributed by atoms with Crippen LogP contribution in [0.25, 0.3) is 0 Å². The molecule has 0 spiro atoms. The number of anilines is 1. The van der Waals surface area contributed by atoms with E-state index in [4.69, 9.17) is 9.47 Å². The summed E-state index contributed by atoms with van der Waals surface area (Å²) in [6, 6.07) is 17.0. The second-order valence-electron chi connectivity index (χ2n) is 5.42. The number of rotatable bonds is 5. The Balaban J connectivity index is 0.00000208. The van der Waals surface area contributed by atoms with Crippen molar-refractivity contribution in [3.8, 4) is 11.5 Å². The van der Waals surface area contributed by atoms with Crippen LogP contribution in [-0.4, -0.2) is 31.7 Å². The summed E-state index contributed by atoms with van der Waals surface area (Å²) >= 11 is 0. The monoisotopic (exact) mass is 348 g/mol. The smallest absolute Gasteiger partial charge is 0.226 e. The van der Waals surface area contributed by atoms with E-state index in [1.54, 1.807) is 0 Å². The number of nitrogens with one attached hydrogen (secondary N) is 2. The molecule has 1 unspecified atom stereocenters. The molecule has 5 nitrogen and oxygen atoms in total. The Bertz CT molecular complexity index is 628. The highest BCUT2D eigenvalue weighted by molar-refractivity contribution is 5.91. The van der Waals surface area contributed by atoms with Crippen LogP contribution in [-0.2, 0) is 9.53 Å². The van der Waals surface area contributed by atoms with Crippen LogP contribution in [0.3, 0.4) is 0 Å². The number of hydrogen-bond donors (Lipinski definition) is 2. The second kappa shape index (κ2) is 9.27. The highest BCUT2D eigenvalue weighted by Crippen LogP contribution is 2.22. The molecular weight excluding hydrogens is 328 g/mol. The van der Waals surface area contributed by atoms with Crippen LogP contribution in [0.1, 0.15) is 6.42 Å². The zero-order chi connectivity index (χ0) is 15.9. The molecule has 1 aliphatic heterocycles. The van der Waals surface area contributed by atoms with Gasteiger partial charge in [-0.3, -0.25) is 4.79 Å². The van der Waals surface area contributed by atoms with Crippen molar-refractivity contribution in [1.82, 2.24) is 5.32 Å². The number of ether oxygens (including phenoxy) is 2. The molecule has 1 fully saturated rings. The average Bonchev–Trinajstić information content (AvgIpc) is 2.58. The quantitative estimate of drug-likeness (QED) is 0.871. The van der Waals surface area contributed by atoms with Crippen LogP contribution in [0, 0.1) is 0 Å². The van der Waals surface area contributed by atoms with Crippen molar-refractivity contribution < 1.29 is 14.3 Å². The molecular formula is C18H21ClN2O3. The topological polar surface area (TPSA) is 59.6 Å². The highest BCUT2D eigenvalue weighted by Gasteiger charge is 2.16. The van der Waals surface area contributed by atoms with Crippen LogP contribution >= 0.6 is 12.4 Å². The van der Waals surface area contributed by atoms with Gasteiger partial charge < -0.3 is 20.1 Å². The Morgan fingerprint density at radius 2 is 1.83 bits per heavy atom. The Kier molecular flexibility index (Phi) is 7.06. The molecule has 1 aliphatic rings. The number of halogens is 1. The molecule has 0 bridgehead atoms. The first-order valence-corrected chi connectivity index (χ1v) is 7.73. The van der Waals surface area contributed by atoms with Gasteiger partial charge in [0.05, 0.1) is 13.2 Å². The minimum Gasteiger partial charge on any atom is -0.457 e. The minimum atomic E-state index is -0.0234. The predicted octanol–water partition coefficient (Wildman–Crippen LogP) is 3.22. The molecule has 1 atom stereocenters. The van der Waals surface area contributed by atoms with E-state index < -0.39 is 0 Å². The van der Waals surface area contributed by atoms with Crippen molar-refractivity contribution in [1.29, 1.82) is 0 Å². The summed E-state index contributed by atoms with van der Waals surface area (Å²) < 4.78 is 11.1. The van der Waals surface area contributed by atoms with Gasteiger partial charge in [-0.2, -0.15) is 0 Å². The van der Waals surface area contributed by atoms with Crippen molar-refractivity contribution in [3.63, 3.8) is 0 Å². The fourth-order valence-corrected chi connectivity index (χ4v) is 2.42. The standard InChI is InChI=1S/C18H20N2O3.ClH/c21-18(12-15-13-22-11-10-19-15)20-14-6-8-17(9-7-14)23-16-4-2-1-3-5-16;/h1-9,15,19H,10-13H2,(H,20,21);1H. The van der Waals surface area contributed by atoms with Gasteiger partial charge in [-0.25, -0.2) is 0 Å². The molecule has 1 heterocycles. The molecule has 2 N–H and O–H groups in total. The summed E-state index contributed by atoms with van der Waals surface area (Å²) in [7, 11) is 0. The summed E-state index contributed by atoms with van der Waals surface area (Å²) in [6.07, 6.45) is 0.405. The van der Waals surface area contributed by atoms with Crippen molar-refractivity contribution >= 4 is 24.0 Å². The van der Waals surface area contributed by atoms with Crippen molar-refractivity contribution in [2.24, 2.45) is 0 Å². The van der Waals surface area contributed by atoms with Crippen LogP contribution in [0.15, 0.2) is 54.6 Å². The first-order valence-electron chi connectivity index (χ1n) is 7.73. The van der Waals surface area contributed by atoms with Crippen molar-refractivity contribution in [2.45, 2.75) is 12.5 Å². The van der Waals surface area contributed by atoms with Crippen LogP contribution in [0.4, 0.5) is 5.69 Å². The van der Waals surface area contributed by atoms with Gasteiger partial charge in [-0.1, -0.05) is 18.2 Å². The fourth-order valence-electron chi connectivity index (χ4n) is 2.42. The number of para-hydroxylation sites is 1. The summed E-state index contributed by atoms with van der Waals surface area (Å²) in [5, 5.41) is 6.16. The van der Waals surface area contributed by atoms with Crippen molar-refractivity contribution in [2.75, 3.05) is 25.1 Å². The zero-order valence-corrected chi connectivity index (χ0v) is 14.1. The number of benzene rings is 2. The first kappa shape index (κ1) is 18.3. The van der Waals surface area contributed by atoms with E-state index in [0.29, 0.717) is 19.6 Å². The molecule has 2 aromatic rings. The van der Waals surface area contributed by atoms with Gasteiger partial charge >= 0.3 is 0 Å². The van der Waals surface area contributed by atoms with Gasteiger partial charge in [0, 0.05) is 24.7 Å². The van der Waals surface area contributed by atoms with E-state index in [9.17, 15) is 4.79 Å². The largest absolute Gasteiger partial charge is 0.457 e. The molecule has 0 radical (unpaired) electrons. The van der Waals surface area contributed by atoms with Crippen LogP contribution in [0.5, 0.6) is 11.5 Å². The second-order valence-corrected chi connectivity index (χ2v) is 5.42. The average molecular weight is 349 g/mol. The lowest BCUT2D eigenvalue weighted by molar-refractivity contribution is -0.117. The summed E-state index contributed by atoms with van der Waals surface area (Å²) in [5.74, 6) is 1.49. The molecule has 1 amide bonds. The van der Waals surface area contributed by atoms with Crippen LogP contribution in [0.2, 0.25) is 0 Å². The maximum Gasteiger partial charge on any atom is 0.226 e. The van der Waals surface area contributed by atoms with Gasteiger partial charge in [0.15, 0.2) is 0 Å². The number of hydrogen-bond acceptors (Lipinski definition) is 4. The Hall–Kier alpha value is -2.08. The SMILES string of the molecule is Cl.O=C(CC1COCCN1)Nc1ccc(Oc2ccccc2)cc1. The van der Waals surface area contributed by atoms with E-state index in [1.807, 2.05) is 54.6 Å². The molecule has 3 rings (SSSR count). The maximum absolute atomic E-state index is 12.0. The minimum absolute atomic E-state index is 0. The first-order chi connectivity index (χ1) is 11.3. The third kappa shape index (κ3) is 5.53. The summed E-state index contributed by atoms with van der Waals surface area (Å²) in [6.45, 7) is 2.09.